The lowest BCUT2D eigenvalue weighted by Crippen LogP contribution is -2.14. The number of nitrogens with two attached hydrogens (primary N) is 2. The van der Waals surface area contributed by atoms with Gasteiger partial charge in [0.2, 0.25) is 0 Å². The van der Waals surface area contributed by atoms with E-state index in [2.05, 4.69) is 10.1 Å². The average molecular weight is 273 g/mol. The third kappa shape index (κ3) is 2.15. The van der Waals surface area contributed by atoms with Crippen LogP contribution in [0.15, 0.2) is 30.5 Å². The van der Waals surface area contributed by atoms with Crippen molar-refractivity contribution in [3.8, 4) is 0 Å². The lowest BCUT2D eigenvalue weighted by molar-refractivity contribution is 0.0995. The number of anilines is 1. The summed E-state index contributed by atoms with van der Waals surface area (Å²) in [4.78, 5) is 15.6. The van der Waals surface area contributed by atoms with Crippen molar-refractivity contribution in [2.45, 2.75) is 6.54 Å². The highest BCUT2D eigenvalue weighted by molar-refractivity contribution is 7.18. The molecule has 0 saturated carbocycles. The van der Waals surface area contributed by atoms with Crippen LogP contribution in [0.2, 0.25) is 0 Å². The summed E-state index contributed by atoms with van der Waals surface area (Å²) in [5, 5.41) is 4.96. The second-order valence-electron chi connectivity index (χ2n) is 4.07. The quantitative estimate of drug-likeness (QED) is 0.749. The number of para-hydroxylation sites is 1. The summed E-state index contributed by atoms with van der Waals surface area (Å²) in [5.41, 5.74) is 12.2. The fraction of sp³-hybridized carbons (Fsp3) is 0.0833. The zero-order valence-electron chi connectivity index (χ0n) is 9.91. The number of hydrogen-bond acceptors (Lipinski definition) is 5. The zero-order chi connectivity index (χ0) is 13.4. The number of amides is 1. The van der Waals surface area contributed by atoms with Crippen LogP contribution < -0.4 is 11.5 Å². The minimum Gasteiger partial charge on any atom is -0.396 e. The van der Waals surface area contributed by atoms with Crippen LogP contribution in [0.25, 0.3) is 10.2 Å². The predicted octanol–water partition coefficient (Wildman–Crippen LogP) is 1.22. The van der Waals surface area contributed by atoms with Crippen LogP contribution in [0.3, 0.4) is 0 Å². The third-order valence-corrected chi connectivity index (χ3v) is 3.68. The van der Waals surface area contributed by atoms with Gasteiger partial charge in [-0.2, -0.15) is 5.10 Å². The van der Waals surface area contributed by atoms with Crippen molar-refractivity contribution in [3.63, 3.8) is 0 Å². The molecular formula is C12H11N5OS. The molecule has 0 radical (unpaired) electrons. The van der Waals surface area contributed by atoms with Gasteiger partial charge in [-0.05, 0) is 12.1 Å². The fourth-order valence-electron chi connectivity index (χ4n) is 1.84. The molecule has 0 bridgehead atoms. The van der Waals surface area contributed by atoms with Crippen LogP contribution >= 0.6 is 11.3 Å². The second kappa shape index (κ2) is 4.36. The molecule has 0 aliphatic heterocycles. The normalized spacial score (nSPS) is 10.9. The van der Waals surface area contributed by atoms with E-state index in [-0.39, 0.29) is 11.4 Å². The highest BCUT2D eigenvalue weighted by Gasteiger charge is 2.12. The Morgan fingerprint density at radius 2 is 2.16 bits per heavy atom. The molecule has 0 fully saturated rings. The molecule has 2 heterocycles. The van der Waals surface area contributed by atoms with Crippen molar-refractivity contribution >= 4 is 33.1 Å². The molecule has 4 N–H and O–H groups in total. The second-order valence-corrected chi connectivity index (χ2v) is 5.19. The number of primary amides is 1. The first-order valence-electron chi connectivity index (χ1n) is 5.60. The lowest BCUT2D eigenvalue weighted by Gasteiger charge is -1.95. The van der Waals surface area contributed by atoms with Crippen molar-refractivity contribution in [1.82, 2.24) is 14.8 Å². The maximum atomic E-state index is 11.1. The van der Waals surface area contributed by atoms with Crippen molar-refractivity contribution in [1.29, 1.82) is 0 Å². The van der Waals surface area contributed by atoms with Crippen molar-refractivity contribution in [3.05, 3.63) is 41.2 Å². The Bertz CT molecular complexity index is 727. The summed E-state index contributed by atoms with van der Waals surface area (Å²) in [6.07, 6.45) is 1.59. The maximum Gasteiger partial charge on any atom is 0.271 e. The Morgan fingerprint density at radius 1 is 1.37 bits per heavy atom. The number of rotatable bonds is 3. The SMILES string of the molecule is NC(=O)c1nn(Cc2nc3ccccc3s2)cc1N. The highest BCUT2D eigenvalue weighted by Crippen LogP contribution is 2.22. The zero-order valence-corrected chi connectivity index (χ0v) is 10.7. The number of thiazole rings is 1. The number of benzene rings is 1. The van der Waals surface area contributed by atoms with E-state index < -0.39 is 5.91 Å². The van der Waals surface area contributed by atoms with Crippen molar-refractivity contribution in [2.24, 2.45) is 5.73 Å². The first kappa shape index (κ1) is 11.7. The minimum atomic E-state index is -0.624. The molecule has 0 unspecified atom stereocenters. The van der Waals surface area contributed by atoms with Crippen LogP contribution in [0.1, 0.15) is 15.5 Å². The van der Waals surface area contributed by atoms with Gasteiger partial charge in [-0.1, -0.05) is 12.1 Å². The Hall–Kier alpha value is -2.41. The first-order valence-corrected chi connectivity index (χ1v) is 6.42. The van der Waals surface area contributed by atoms with Crippen LogP contribution in [-0.4, -0.2) is 20.7 Å². The van der Waals surface area contributed by atoms with Gasteiger partial charge in [0.1, 0.15) is 5.01 Å². The smallest absolute Gasteiger partial charge is 0.271 e. The minimum absolute atomic E-state index is 0.0983. The number of aromatic nitrogens is 3. The van der Waals surface area contributed by atoms with E-state index in [9.17, 15) is 4.79 Å². The summed E-state index contributed by atoms with van der Waals surface area (Å²) >= 11 is 1.59. The Labute approximate surface area is 112 Å². The molecule has 19 heavy (non-hydrogen) atoms. The van der Waals surface area contributed by atoms with E-state index in [0.29, 0.717) is 6.54 Å². The number of fused-ring (bicyclic) bond motifs is 1. The Morgan fingerprint density at radius 3 is 2.84 bits per heavy atom. The largest absolute Gasteiger partial charge is 0.396 e. The molecule has 0 aliphatic carbocycles. The molecule has 96 valence electrons. The summed E-state index contributed by atoms with van der Waals surface area (Å²) in [5.74, 6) is -0.624. The maximum absolute atomic E-state index is 11.1. The molecule has 3 rings (SSSR count). The predicted molar refractivity (Wildman–Crippen MR) is 73.9 cm³/mol. The molecule has 0 aliphatic rings. The van der Waals surface area contributed by atoms with Gasteiger partial charge in [0.25, 0.3) is 5.91 Å². The number of carbonyl (C=O) groups is 1. The van der Waals surface area contributed by atoms with Crippen molar-refractivity contribution in [2.75, 3.05) is 5.73 Å². The van der Waals surface area contributed by atoms with E-state index >= 15 is 0 Å². The summed E-state index contributed by atoms with van der Waals surface area (Å²) in [7, 11) is 0. The Balaban J connectivity index is 1.92. The summed E-state index contributed by atoms with van der Waals surface area (Å²) in [6, 6.07) is 7.90. The van der Waals surface area contributed by atoms with Crippen molar-refractivity contribution < 1.29 is 4.79 Å². The molecule has 0 spiro atoms. The van der Waals surface area contributed by atoms with Gasteiger partial charge in [0.05, 0.1) is 22.4 Å². The van der Waals surface area contributed by atoms with Gasteiger partial charge in [0.15, 0.2) is 5.69 Å². The average Bonchev–Trinajstić information content (AvgIpc) is 2.92. The number of hydrogen-bond donors (Lipinski definition) is 2. The summed E-state index contributed by atoms with van der Waals surface area (Å²) in [6.45, 7) is 0.469. The highest BCUT2D eigenvalue weighted by atomic mass is 32.1. The molecule has 7 heteroatoms. The van der Waals surface area contributed by atoms with Gasteiger partial charge < -0.3 is 11.5 Å². The van der Waals surface area contributed by atoms with Crippen LogP contribution in [0.5, 0.6) is 0 Å². The van der Waals surface area contributed by atoms with Gasteiger partial charge in [-0.25, -0.2) is 4.98 Å². The summed E-state index contributed by atoms with van der Waals surface area (Å²) < 4.78 is 2.69. The number of carbonyl (C=O) groups excluding carboxylic acids is 1. The fourth-order valence-corrected chi connectivity index (χ4v) is 2.79. The molecule has 1 aromatic carbocycles. The van der Waals surface area contributed by atoms with E-state index in [1.165, 1.54) is 0 Å². The van der Waals surface area contributed by atoms with E-state index in [0.717, 1.165) is 15.2 Å². The standard InChI is InChI=1S/C12H11N5OS/c13-7-5-17(16-11(7)12(14)18)6-10-15-8-3-1-2-4-9(8)19-10/h1-5H,6,13H2,(H2,14,18). The van der Waals surface area contributed by atoms with Crippen LogP contribution in [0, 0.1) is 0 Å². The molecule has 2 aromatic heterocycles. The lowest BCUT2D eigenvalue weighted by atomic mass is 10.3. The van der Waals surface area contributed by atoms with E-state index in [1.54, 1.807) is 22.2 Å². The van der Waals surface area contributed by atoms with Gasteiger partial charge in [-0.15, -0.1) is 11.3 Å². The monoisotopic (exact) mass is 273 g/mol. The van der Waals surface area contributed by atoms with Crippen LogP contribution in [-0.2, 0) is 6.54 Å². The molecular weight excluding hydrogens is 262 g/mol. The third-order valence-electron chi connectivity index (χ3n) is 2.66. The number of nitrogens with zero attached hydrogens (tertiary/aromatic N) is 3. The first-order chi connectivity index (χ1) is 9.13. The van der Waals surface area contributed by atoms with Gasteiger partial charge in [-0.3, -0.25) is 9.48 Å². The van der Waals surface area contributed by atoms with Gasteiger partial charge >= 0.3 is 0 Å². The number of nitrogen functional groups attached to an aromatic ring is 1. The molecule has 0 atom stereocenters. The Kier molecular flexibility index (Phi) is 2.68. The molecule has 1 amide bonds. The van der Waals surface area contributed by atoms with E-state index in [1.807, 2.05) is 24.3 Å². The molecule has 3 aromatic rings. The van der Waals surface area contributed by atoms with Gasteiger partial charge in [0, 0.05) is 6.20 Å². The molecule has 6 nitrogen and oxygen atoms in total. The van der Waals surface area contributed by atoms with E-state index in [4.69, 9.17) is 11.5 Å². The topological polar surface area (TPSA) is 99.8 Å². The van der Waals surface area contributed by atoms with Crippen LogP contribution in [0.4, 0.5) is 5.69 Å². The molecule has 0 saturated heterocycles.